The molecule has 1 aromatic heterocycles. The van der Waals surface area contributed by atoms with Gasteiger partial charge in [-0.3, -0.25) is 0 Å². The van der Waals surface area contributed by atoms with E-state index < -0.39 is 22.9 Å². The van der Waals surface area contributed by atoms with E-state index in [1.165, 1.54) is 6.07 Å². The van der Waals surface area contributed by atoms with E-state index in [2.05, 4.69) is 13.8 Å². The van der Waals surface area contributed by atoms with Crippen LogP contribution in [-0.4, -0.2) is 22.4 Å². The highest BCUT2D eigenvalue weighted by molar-refractivity contribution is 5.88. The molecular formula is C19H20O5. The van der Waals surface area contributed by atoms with Gasteiger partial charge in [0.15, 0.2) is 0 Å². The smallest absolute Gasteiger partial charge is 0.336 e. The van der Waals surface area contributed by atoms with E-state index in [0.29, 0.717) is 17.1 Å². The van der Waals surface area contributed by atoms with Crippen molar-refractivity contribution in [2.24, 2.45) is 5.92 Å². The molecule has 1 N–H and O–H groups in total. The summed E-state index contributed by atoms with van der Waals surface area (Å²) in [4.78, 5) is 11.6. The molecule has 0 saturated heterocycles. The molecule has 5 rings (SSSR count). The molecule has 5 nitrogen and oxygen atoms in total. The lowest BCUT2D eigenvalue weighted by atomic mass is 9.60. The van der Waals surface area contributed by atoms with Crippen molar-refractivity contribution < 1.29 is 19.0 Å². The third-order valence-corrected chi connectivity index (χ3v) is 6.16. The monoisotopic (exact) mass is 328 g/mol. The fourth-order valence-corrected chi connectivity index (χ4v) is 4.90. The highest BCUT2D eigenvalue weighted by Gasteiger charge is 2.59. The van der Waals surface area contributed by atoms with Gasteiger partial charge in [-0.25, -0.2) is 4.79 Å². The zero-order chi connectivity index (χ0) is 16.9. The molecule has 0 spiro atoms. The second-order valence-corrected chi connectivity index (χ2v) is 8.02. The minimum Gasteiger partial charge on any atom is -0.487 e. The molecule has 1 fully saturated rings. The van der Waals surface area contributed by atoms with Crippen molar-refractivity contribution in [3.05, 3.63) is 34.2 Å². The highest BCUT2D eigenvalue weighted by Crippen LogP contribution is 2.61. The molecule has 1 aromatic carbocycles. The third kappa shape index (κ3) is 1.61. The molecule has 0 radical (unpaired) electrons. The number of benzene rings is 1. The van der Waals surface area contributed by atoms with Gasteiger partial charge in [-0.15, -0.1) is 0 Å². The Morgan fingerprint density at radius 2 is 2.00 bits per heavy atom. The Labute approximate surface area is 139 Å². The SMILES string of the molecule is CC1(C)Oc2cc3oc(=O)ccc3c3c2[C@H]2[C@@H](O)[C@@](C)(CC[C@@H]21)O3. The minimum atomic E-state index is -0.622. The molecule has 2 aromatic rings. The average Bonchev–Trinajstić information content (AvgIpc) is 2.47. The maximum atomic E-state index is 11.6. The fourth-order valence-electron chi connectivity index (χ4n) is 4.90. The van der Waals surface area contributed by atoms with Crippen LogP contribution in [0.15, 0.2) is 27.4 Å². The molecule has 3 heterocycles. The molecule has 0 amide bonds. The van der Waals surface area contributed by atoms with Crippen LogP contribution in [0.25, 0.3) is 11.0 Å². The first kappa shape index (κ1) is 14.3. The van der Waals surface area contributed by atoms with Gasteiger partial charge in [0.2, 0.25) is 0 Å². The molecule has 2 aliphatic heterocycles. The summed E-state index contributed by atoms with van der Waals surface area (Å²) in [5, 5.41) is 11.8. The van der Waals surface area contributed by atoms with Gasteiger partial charge in [0, 0.05) is 29.5 Å². The molecule has 3 aliphatic rings. The zero-order valence-corrected chi connectivity index (χ0v) is 14.0. The van der Waals surface area contributed by atoms with Gasteiger partial charge in [0.25, 0.3) is 0 Å². The number of fused-ring (bicyclic) bond motifs is 3. The summed E-state index contributed by atoms with van der Waals surface area (Å²) in [7, 11) is 0. The van der Waals surface area contributed by atoms with Crippen molar-refractivity contribution in [3.8, 4) is 11.5 Å². The summed E-state index contributed by atoms with van der Waals surface area (Å²) >= 11 is 0. The van der Waals surface area contributed by atoms with Crippen LogP contribution in [0.2, 0.25) is 0 Å². The van der Waals surface area contributed by atoms with Gasteiger partial charge in [0.05, 0.1) is 5.39 Å². The van der Waals surface area contributed by atoms with Crippen molar-refractivity contribution in [2.75, 3.05) is 0 Å². The Morgan fingerprint density at radius 1 is 1.21 bits per heavy atom. The third-order valence-electron chi connectivity index (χ3n) is 6.16. The van der Waals surface area contributed by atoms with Crippen molar-refractivity contribution >= 4 is 11.0 Å². The lowest BCUT2D eigenvalue weighted by Gasteiger charge is -2.57. The van der Waals surface area contributed by atoms with Crippen LogP contribution in [0.5, 0.6) is 11.5 Å². The quantitative estimate of drug-likeness (QED) is 0.753. The van der Waals surface area contributed by atoms with Crippen LogP contribution in [0.3, 0.4) is 0 Å². The summed E-state index contributed by atoms with van der Waals surface area (Å²) in [5.74, 6) is 1.55. The normalized spacial score (nSPS) is 35.2. The number of hydrogen-bond donors (Lipinski definition) is 1. The molecular weight excluding hydrogens is 308 g/mol. The lowest BCUT2D eigenvalue weighted by Crippen LogP contribution is -2.61. The van der Waals surface area contributed by atoms with E-state index in [0.717, 1.165) is 23.8 Å². The summed E-state index contributed by atoms with van der Waals surface area (Å²) in [6.07, 6.45) is 1.15. The number of ether oxygens (including phenoxy) is 2. The first-order valence-electron chi connectivity index (χ1n) is 8.47. The van der Waals surface area contributed by atoms with E-state index in [1.807, 2.05) is 6.92 Å². The summed E-state index contributed by atoms with van der Waals surface area (Å²) in [6, 6.07) is 4.91. The molecule has 1 saturated carbocycles. The molecule has 2 bridgehead atoms. The number of rotatable bonds is 0. The predicted molar refractivity (Wildman–Crippen MR) is 87.7 cm³/mol. The van der Waals surface area contributed by atoms with Crippen LogP contribution in [-0.2, 0) is 0 Å². The Hall–Kier alpha value is -2.01. The molecule has 126 valence electrons. The molecule has 0 unspecified atom stereocenters. The van der Waals surface area contributed by atoms with Gasteiger partial charge >= 0.3 is 5.63 Å². The van der Waals surface area contributed by atoms with Crippen LogP contribution < -0.4 is 15.1 Å². The van der Waals surface area contributed by atoms with Gasteiger partial charge in [0.1, 0.15) is 34.4 Å². The second-order valence-electron chi connectivity index (χ2n) is 8.02. The van der Waals surface area contributed by atoms with Crippen molar-refractivity contribution in [1.29, 1.82) is 0 Å². The Morgan fingerprint density at radius 3 is 2.79 bits per heavy atom. The predicted octanol–water partition coefficient (Wildman–Crippen LogP) is 2.97. The Bertz CT molecular complexity index is 927. The maximum Gasteiger partial charge on any atom is 0.336 e. The first-order chi connectivity index (χ1) is 11.3. The van der Waals surface area contributed by atoms with Crippen LogP contribution in [0.1, 0.15) is 45.1 Å². The largest absolute Gasteiger partial charge is 0.487 e. The molecule has 5 heteroatoms. The minimum absolute atomic E-state index is 0.0254. The van der Waals surface area contributed by atoms with E-state index in [1.54, 1.807) is 12.1 Å². The summed E-state index contributed by atoms with van der Waals surface area (Å²) in [5.41, 5.74) is -0.0283. The van der Waals surface area contributed by atoms with E-state index >= 15 is 0 Å². The number of aliphatic hydroxyl groups is 1. The Kier molecular flexibility index (Phi) is 2.48. The first-order valence-corrected chi connectivity index (χ1v) is 8.47. The van der Waals surface area contributed by atoms with Crippen LogP contribution in [0, 0.1) is 5.92 Å². The maximum absolute atomic E-state index is 11.6. The van der Waals surface area contributed by atoms with Crippen LogP contribution >= 0.6 is 0 Å². The van der Waals surface area contributed by atoms with Crippen molar-refractivity contribution in [3.63, 3.8) is 0 Å². The van der Waals surface area contributed by atoms with Gasteiger partial charge < -0.3 is 19.0 Å². The highest BCUT2D eigenvalue weighted by atomic mass is 16.5. The second kappa shape index (κ2) is 4.14. The average molecular weight is 328 g/mol. The molecule has 1 aliphatic carbocycles. The summed E-state index contributed by atoms with van der Waals surface area (Å²) in [6.45, 7) is 6.10. The fraction of sp³-hybridized carbons (Fsp3) is 0.526. The van der Waals surface area contributed by atoms with Gasteiger partial charge in [-0.05, 0) is 39.7 Å². The summed E-state index contributed by atoms with van der Waals surface area (Å²) < 4.78 is 17.9. The standard InChI is InChI=1S/C19H20O5/c1-18(2)10-6-7-19(3)17(21)14(10)15-12(23-18)8-11-9(16(15)24-19)4-5-13(20)22-11/h4-5,8,10,14,17,21H,6-7H2,1-3H3/t10-,14-,17+,19+/m0/s1. The van der Waals surface area contributed by atoms with E-state index in [4.69, 9.17) is 13.9 Å². The van der Waals surface area contributed by atoms with Crippen molar-refractivity contribution in [1.82, 2.24) is 0 Å². The molecule has 24 heavy (non-hydrogen) atoms. The van der Waals surface area contributed by atoms with Crippen LogP contribution in [0.4, 0.5) is 0 Å². The number of aliphatic hydroxyl groups excluding tert-OH is 1. The van der Waals surface area contributed by atoms with Crippen molar-refractivity contribution in [2.45, 2.75) is 56.8 Å². The zero-order valence-electron chi connectivity index (χ0n) is 14.0. The van der Waals surface area contributed by atoms with Gasteiger partial charge in [-0.2, -0.15) is 0 Å². The lowest BCUT2D eigenvalue weighted by molar-refractivity contribution is -0.147. The topological polar surface area (TPSA) is 68.9 Å². The van der Waals surface area contributed by atoms with Gasteiger partial charge in [-0.1, -0.05) is 0 Å². The van der Waals surface area contributed by atoms with E-state index in [-0.39, 0.29) is 11.8 Å². The Balaban J connectivity index is 1.90. The number of hydrogen-bond acceptors (Lipinski definition) is 5. The van der Waals surface area contributed by atoms with E-state index in [9.17, 15) is 9.90 Å². The molecule has 4 atom stereocenters.